The summed E-state index contributed by atoms with van der Waals surface area (Å²) in [6.45, 7) is 17.7. The predicted molar refractivity (Wildman–Crippen MR) is 264 cm³/mol. The smallest absolute Gasteiger partial charge is 0.342 e. The second kappa shape index (κ2) is 26.3. The van der Waals surface area contributed by atoms with Gasteiger partial charge < -0.3 is 68.5 Å². The van der Waals surface area contributed by atoms with Crippen LogP contribution >= 0.6 is 23.2 Å². The molecule has 2 fully saturated rings. The van der Waals surface area contributed by atoms with E-state index in [0.717, 1.165) is 0 Å². The van der Waals surface area contributed by atoms with E-state index in [9.17, 15) is 49.8 Å². The Kier molecular flexibility index (Phi) is 22.1. The van der Waals surface area contributed by atoms with Crippen LogP contribution in [0.25, 0.3) is 0 Å². The Morgan fingerprint density at radius 2 is 1.57 bits per heavy atom. The van der Waals surface area contributed by atoms with Gasteiger partial charge in [0.2, 0.25) is 0 Å². The third-order valence-electron chi connectivity index (χ3n) is 12.9. The number of aliphatic hydroxyl groups is 4. The average molecular weight is 1060 g/mol. The molecule has 13 atom stereocenters. The number of Topliss-reactive ketones (excluding diaryl/α,β-unsaturated/α-hetero) is 1. The van der Waals surface area contributed by atoms with Crippen LogP contribution in [0, 0.1) is 11.8 Å². The number of aliphatic hydroxyl groups excluding tert-OH is 4. The van der Waals surface area contributed by atoms with Gasteiger partial charge in [-0.2, -0.15) is 0 Å². The number of phenolic OH excluding ortho intramolecular Hbond substituents is 2. The Bertz CT molecular complexity index is 2270. The third-order valence-corrected chi connectivity index (χ3v) is 13.6. The quantitative estimate of drug-likeness (QED) is 0.0705. The Morgan fingerprint density at radius 3 is 2.17 bits per heavy atom. The summed E-state index contributed by atoms with van der Waals surface area (Å²) in [7, 11) is 1.25. The summed E-state index contributed by atoms with van der Waals surface area (Å²) in [6.07, 6.45) is -4.94. The van der Waals surface area contributed by atoms with Gasteiger partial charge in [0.15, 0.2) is 48.2 Å². The number of rotatable bonds is 13. The normalized spacial score (nSPS) is 34.3. The molecule has 0 amide bonds. The Hall–Kier alpha value is -4.18. The van der Waals surface area contributed by atoms with Crippen molar-refractivity contribution in [3.8, 4) is 11.5 Å². The average Bonchev–Trinajstić information content (AvgIpc) is 3.32. The summed E-state index contributed by atoms with van der Waals surface area (Å²) in [5.74, 6) is -5.34. The number of ether oxygens (including phenoxy) is 8. The second-order valence-corrected chi connectivity index (χ2v) is 19.9. The molecule has 13 unspecified atom stereocenters. The number of hydrogen-bond acceptors (Lipinski definition) is 18. The van der Waals surface area contributed by atoms with E-state index in [1.54, 1.807) is 60.6 Å². The molecule has 3 aliphatic rings. The Labute approximate surface area is 431 Å². The lowest BCUT2D eigenvalue weighted by atomic mass is 9.88. The summed E-state index contributed by atoms with van der Waals surface area (Å²) >= 11 is 12.3. The number of ketones is 1. The van der Waals surface area contributed by atoms with Gasteiger partial charge in [0.05, 0.1) is 41.4 Å². The first-order chi connectivity index (χ1) is 33.7. The second-order valence-electron chi connectivity index (χ2n) is 19.2. The van der Waals surface area contributed by atoms with Crippen molar-refractivity contribution in [2.75, 3.05) is 13.7 Å². The molecule has 18 nitrogen and oxygen atoms in total. The van der Waals surface area contributed by atoms with E-state index < -0.39 is 143 Å². The maximum atomic E-state index is 13.9. The lowest BCUT2D eigenvalue weighted by Crippen LogP contribution is -2.64. The maximum Gasteiger partial charge on any atom is 0.342 e. The molecule has 3 aliphatic heterocycles. The Balaban J connectivity index is 1.61. The number of esters is 3. The van der Waals surface area contributed by atoms with Crippen LogP contribution in [-0.4, -0.2) is 147 Å². The Morgan fingerprint density at radius 1 is 0.903 bits per heavy atom. The summed E-state index contributed by atoms with van der Waals surface area (Å²) in [5.41, 5.74) is 0.184. The molecule has 0 bridgehead atoms. The first kappa shape index (κ1) is 60.4. The first-order valence-electron chi connectivity index (χ1n) is 24.0. The van der Waals surface area contributed by atoms with Crippen molar-refractivity contribution in [3.05, 3.63) is 79.9 Å². The van der Waals surface area contributed by atoms with Crippen LogP contribution < -0.4 is 0 Å². The topological polar surface area (TPSA) is 263 Å². The summed E-state index contributed by atoms with van der Waals surface area (Å²) in [4.78, 5) is 52.9. The fraction of sp³-hybridized carbons (Fsp3) is 0.615. The largest absolute Gasteiger partial charge is 0.505 e. The molecule has 6 N–H and O–H groups in total. The van der Waals surface area contributed by atoms with Crippen molar-refractivity contribution in [1.29, 1.82) is 0 Å². The van der Waals surface area contributed by atoms with Crippen molar-refractivity contribution in [2.45, 2.75) is 181 Å². The highest BCUT2D eigenvalue weighted by Gasteiger charge is 2.53. The van der Waals surface area contributed by atoms with Crippen LogP contribution in [0.1, 0.15) is 111 Å². The molecular formula is C52H72Cl2O18. The number of halogens is 2. The van der Waals surface area contributed by atoms with Crippen LogP contribution in [0.4, 0.5) is 0 Å². The van der Waals surface area contributed by atoms with Gasteiger partial charge in [0.25, 0.3) is 0 Å². The molecular weight excluding hydrogens is 983 g/mol. The van der Waals surface area contributed by atoms with Gasteiger partial charge in [-0.05, 0) is 90.5 Å². The van der Waals surface area contributed by atoms with Gasteiger partial charge in [-0.15, -0.1) is 0 Å². The van der Waals surface area contributed by atoms with Crippen molar-refractivity contribution >= 4 is 46.9 Å². The molecule has 1 aromatic carbocycles. The highest BCUT2D eigenvalue weighted by atomic mass is 35.5. The number of aromatic hydroxyl groups is 2. The van der Waals surface area contributed by atoms with Crippen LogP contribution in [-0.2, 0) is 58.7 Å². The minimum absolute atomic E-state index is 0.0305. The van der Waals surface area contributed by atoms with Gasteiger partial charge in [-0.1, -0.05) is 86.9 Å². The predicted octanol–water partition coefficient (Wildman–Crippen LogP) is 6.44. The number of benzene rings is 1. The van der Waals surface area contributed by atoms with E-state index >= 15 is 0 Å². The molecule has 402 valence electrons. The standard InChI is InChI=1S/C52H72Cl2O18/c1-13-30-22-26(6)33(56)18-16-15-17-31(23-66-51-45(65-12)42(61)44(29(9)67-51)69-49(64)35-32(14-2)36(53)39(58)37(54)38(35)57)48(63)68-34(28(8)55)20-19-25(5)21-27(7)43(30)70-50-41(60)40(59)46(52(10,11)72-50)71-47(62)24(3)4/h15-17,19,21-22,24,29-30,33-34,40-46,50-51,56-61H,13-14,18,20,23H2,1-12H3/b16-15+,25-19+,26-22+,27-21+,31-17+. The van der Waals surface area contributed by atoms with Crippen molar-refractivity contribution in [2.24, 2.45) is 11.8 Å². The van der Waals surface area contributed by atoms with Crippen molar-refractivity contribution in [3.63, 3.8) is 0 Å². The summed E-state index contributed by atoms with van der Waals surface area (Å²) in [5, 5.41) is 65.6. The minimum Gasteiger partial charge on any atom is -0.505 e. The summed E-state index contributed by atoms with van der Waals surface area (Å²) in [6, 6.07) is 0. The lowest BCUT2D eigenvalue weighted by molar-refractivity contribution is -0.333. The number of phenols is 2. The molecule has 2 saturated heterocycles. The number of hydrogen-bond donors (Lipinski definition) is 6. The molecule has 0 radical (unpaired) electrons. The number of carbonyl (C=O) groups is 4. The van der Waals surface area contributed by atoms with Crippen LogP contribution in [0.15, 0.2) is 58.7 Å². The van der Waals surface area contributed by atoms with E-state index in [1.165, 1.54) is 33.1 Å². The highest BCUT2D eigenvalue weighted by Crippen LogP contribution is 2.45. The molecule has 3 heterocycles. The molecule has 0 aliphatic carbocycles. The van der Waals surface area contributed by atoms with E-state index in [1.807, 2.05) is 26.0 Å². The van der Waals surface area contributed by atoms with Crippen molar-refractivity contribution < 1.29 is 87.7 Å². The number of methoxy groups -OCH3 is 1. The summed E-state index contributed by atoms with van der Waals surface area (Å²) < 4.78 is 47.3. The van der Waals surface area contributed by atoms with E-state index in [-0.39, 0.29) is 35.4 Å². The van der Waals surface area contributed by atoms with Gasteiger partial charge in [-0.25, -0.2) is 9.59 Å². The molecule has 1 aromatic rings. The van der Waals surface area contributed by atoms with Crippen LogP contribution in [0.2, 0.25) is 10.0 Å². The number of carbonyl (C=O) groups excluding carboxylic acids is 4. The number of allylic oxidation sites excluding steroid dienone is 4. The van der Waals surface area contributed by atoms with E-state index in [0.29, 0.717) is 23.1 Å². The van der Waals surface area contributed by atoms with E-state index in [4.69, 9.17) is 61.1 Å². The lowest BCUT2D eigenvalue weighted by Gasteiger charge is -2.47. The molecule has 0 saturated carbocycles. The van der Waals surface area contributed by atoms with Gasteiger partial charge >= 0.3 is 17.9 Å². The molecule has 20 heteroatoms. The zero-order valence-electron chi connectivity index (χ0n) is 42.9. The van der Waals surface area contributed by atoms with Gasteiger partial charge in [0.1, 0.15) is 40.6 Å². The fourth-order valence-corrected chi connectivity index (χ4v) is 9.10. The third kappa shape index (κ3) is 14.6. The van der Waals surface area contributed by atoms with Crippen molar-refractivity contribution in [1.82, 2.24) is 0 Å². The van der Waals surface area contributed by atoms with Gasteiger partial charge in [0, 0.05) is 19.4 Å². The SMILES string of the molecule is CCc1c(Cl)c(O)c(Cl)c(O)c1C(=O)OC1C(C)OC(OC/C2=C\C=C\CC(O)/C(C)=C/C(CC)C(OC3OC(C)(C)C(OC(=O)C(C)C)C(O)C3O)/C(C)=C/C(C)=C/CC(C(C)=O)OC2=O)C(OC)C1O. The van der Waals surface area contributed by atoms with Gasteiger partial charge in [-0.3, -0.25) is 9.59 Å². The first-order valence-corrected chi connectivity index (χ1v) is 24.7. The maximum absolute atomic E-state index is 13.9. The minimum atomic E-state index is -1.62. The molecule has 0 spiro atoms. The molecule has 72 heavy (non-hydrogen) atoms. The zero-order valence-corrected chi connectivity index (χ0v) is 44.4. The molecule has 4 rings (SSSR count). The van der Waals surface area contributed by atoms with Crippen LogP contribution in [0.5, 0.6) is 11.5 Å². The van der Waals surface area contributed by atoms with Crippen LogP contribution in [0.3, 0.4) is 0 Å². The zero-order chi connectivity index (χ0) is 54.1. The highest BCUT2D eigenvalue weighted by molar-refractivity contribution is 6.39. The number of cyclic esters (lactones) is 1. The monoisotopic (exact) mass is 1050 g/mol. The fourth-order valence-electron chi connectivity index (χ4n) is 8.54. The van der Waals surface area contributed by atoms with E-state index in [2.05, 4.69) is 0 Å². The molecule has 0 aromatic heterocycles.